The molecule has 0 aromatic carbocycles. The van der Waals surface area contributed by atoms with E-state index in [4.69, 9.17) is 5.73 Å². The molecule has 0 radical (unpaired) electrons. The van der Waals surface area contributed by atoms with E-state index in [2.05, 4.69) is 10.4 Å². The molecule has 0 bridgehead atoms. The zero-order valence-electron chi connectivity index (χ0n) is 9.45. The maximum Gasteiger partial charge on any atom is 0.269 e. The normalized spacial score (nSPS) is 12.5. The van der Waals surface area contributed by atoms with Gasteiger partial charge >= 0.3 is 0 Å². The first-order valence-corrected chi connectivity index (χ1v) is 5.22. The number of carbonyl (C=O) groups is 1. The van der Waals surface area contributed by atoms with E-state index < -0.39 is 0 Å². The van der Waals surface area contributed by atoms with Crippen molar-refractivity contribution in [3.63, 3.8) is 0 Å². The molecule has 0 spiro atoms. The minimum absolute atomic E-state index is 0.115. The fraction of sp³-hybridized carbons (Fsp3) is 0.600. The number of hydrogen-bond acceptors (Lipinski definition) is 3. The molecule has 0 aliphatic heterocycles. The first-order chi connectivity index (χ1) is 7.08. The Morgan fingerprint density at radius 1 is 1.67 bits per heavy atom. The van der Waals surface area contributed by atoms with Gasteiger partial charge in [-0.15, -0.1) is 0 Å². The monoisotopic (exact) mass is 210 g/mol. The summed E-state index contributed by atoms with van der Waals surface area (Å²) >= 11 is 0. The molecule has 1 rings (SSSR count). The van der Waals surface area contributed by atoms with Crippen molar-refractivity contribution in [3.05, 3.63) is 11.8 Å². The van der Waals surface area contributed by atoms with Gasteiger partial charge in [0.15, 0.2) is 0 Å². The summed E-state index contributed by atoms with van der Waals surface area (Å²) in [6.07, 6.45) is 0.904. The van der Waals surface area contributed by atoms with Gasteiger partial charge in [-0.3, -0.25) is 9.48 Å². The molecule has 5 heteroatoms. The van der Waals surface area contributed by atoms with E-state index in [1.165, 1.54) is 0 Å². The minimum Gasteiger partial charge on any atom is -0.382 e. The van der Waals surface area contributed by atoms with E-state index in [0.29, 0.717) is 18.1 Å². The first-order valence-electron chi connectivity index (χ1n) is 5.22. The van der Waals surface area contributed by atoms with Crippen molar-refractivity contribution in [3.8, 4) is 0 Å². The van der Waals surface area contributed by atoms with Crippen molar-refractivity contribution in [2.45, 2.75) is 39.8 Å². The second-order valence-corrected chi connectivity index (χ2v) is 3.55. The zero-order chi connectivity index (χ0) is 11.4. The van der Waals surface area contributed by atoms with E-state index in [0.717, 1.165) is 6.42 Å². The Labute approximate surface area is 89.6 Å². The molecule has 1 atom stereocenters. The minimum atomic E-state index is -0.115. The number of nitrogens with two attached hydrogens (primary N) is 1. The maximum atomic E-state index is 11.8. The van der Waals surface area contributed by atoms with Gasteiger partial charge in [-0.1, -0.05) is 6.92 Å². The summed E-state index contributed by atoms with van der Waals surface area (Å²) < 4.78 is 1.60. The number of nitrogens with one attached hydrogen (secondary N) is 1. The number of aromatic nitrogens is 2. The second-order valence-electron chi connectivity index (χ2n) is 3.55. The van der Waals surface area contributed by atoms with Crippen molar-refractivity contribution in [1.29, 1.82) is 0 Å². The number of hydrogen-bond donors (Lipinski definition) is 2. The Bertz CT molecular complexity index is 345. The molecule has 5 nitrogen and oxygen atoms in total. The van der Waals surface area contributed by atoms with Crippen molar-refractivity contribution >= 4 is 11.7 Å². The van der Waals surface area contributed by atoms with Gasteiger partial charge in [0, 0.05) is 18.7 Å². The quantitative estimate of drug-likeness (QED) is 0.779. The number of rotatable bonds is 4. The van der Waals surface area contributed by atoms with Gasteiger partial charge in [-0.2, -0.15) is 5.10 Å². The third-order valence-electron chi connectivity index (χ3n) is 2.32. The predicted octanol–water partition coefficient (Wildman–Crippen LogP) is 1.01. The molecule has 3 N–H and O–H groups in total. The smallest absolute Gasteiger partial charge is 0.269 e. The van der Waals surface area contributed by atoms with Crippen LogP contribution in [0.3, 0.4) is 0 Å². The summed E-state index contributed by atoms with van der Waals surface area (Å²) in [6, 6.07) is 1.76. The molecule has 15 heavy (non-hydrogen) atoms. The van der Waals surface area contributed by atoms with Crippen LogP contribution in [0.4, 0.5) is 5.82 Å². The fourth-order valence-corrected chi connectivity index (χ4v) is 1.26. The standard InChI is InChI=1S/C10H18N4O/c1-4-7(3)12-10(15)8-6-9(11)13-14(8)5-2/h6-7H,4-5H2,1-3H3,(H2,11,13)(H,12,15). The van der Waals surface area contributed by atoms with Crippen LogP contribution in [0.5, 0.6) is 0 Å². The third-order valence-corrected chi connectivity index (χ3v) is 2.32. The highest BCUT2D eigenvalue weighted by Crippen LogP contribution is 2.06. The van der Waals surface area contributed by atoms with Crippen molar-refractivity contribution in [1.82, 2.24) is 15.1 Å². The van der Waals surface area contributed by atoms with E-state index in [1.54, 1.807) is 10.7 Å². The lowest BCUT2D eigenvalue weighted by Crippen LogP contribution is -2.33. The SMILES string of the molecule is CCC(C)NC(=O)c1cc(N)nn1CC. The van der Waals surface area contributed by atoms with Crippen molar-refractivity contribution < 1.29 is 4.79 Å². The molecule has 0 fully saturated rings. The summed E-state index contributed by atoms with van der Waals surface area (Å²) in [4.78, 5) is 11.8. The Morgan fingerprint density at radius 2 is 2.33 bits per heavy atom. The van der Waals surface area contributed by atoms with Crippen LogP contribution in [-0.2, 0) is 6.54 Å². The molecule has 0 aliphatic rings. The van der Waals surface area contributed by atoms with Gasteiger partial charge < -0.3 is 11.1 Å². The number of aryl methyl sites for hydroxylation is 1. The average molecular weight is 210 g/mol. The largest absolute Gasteiger partial charge is 0.382 e. The summed E-state index contributed by atoms with van der Waals surface area (Å²) in [5.74, 6) is 0.265. The van der Waals surface area contributed by atoms with E-state index >= 15 is 0 Å². The first kappa shape index (κ1) is 11.6. The van der Waals surface area contributed by atoms with Crippen LogP contribution in [0.2, 0.25) is 0 Å². The molecule has 1 aromatic heterocycles. The lowest BCUT2D eigenvalue weighted by molar-refractivity contribution is 0.0928. The molecule has 1 unspecified atom stereocenters. The average Bonchev–Trinajstić information content (AvgIpc) is 2.59. The highest BCUT2D eigenvalue weighted by molar-refractivity contribution is 5.93. The molecule has 0 saturated carbocycles. The van der Waals surface area contributed by atoms with Crippen molar-refractivity contribution in [2.24, 2.45) is 0 Å². The number of nitrogens with zero attached hydrogens (tertiary/aromatic N) is 2. The number of nitrogen functional groups attached to an aromatic ring is 1. The highest BCUT2D eigenvalue weighted by atomic mass is 16.2. The van der Waals surface area contributed by atoms with Crippen LogP contribution in [0.15, 0.2) is 6.07 Å². The summed E-state index contributed by atoms with van der Waals surface area (Å²) in [7, 11) is 0. The molecule has 1 amide bonds. The van der Waals surface area contributed by atoms with Crippen LogP contribution in [-0.4, -0.2) is 21.7 Å². The summed E-state index contributed by atoms with van der Waals surface area (Å²) in [5.41, 5.74) is 6.07. The molecular weight excluding hydrogens is 192 g/mol. The Kier molecular flexibility index (Phi) is 3.71. The maximum absolute atomic E-state index is 11.8. The van der Waals surface area contributed by atoms with E-state index in [1.807, 2.05) is 20.8 Å². The Morgan fingerprint density at radius 3 is 2.87 bits per heavy atom. The van der Waals surface area contributed by atoms with Crippen LogP contribution >= 0.6 is 0 Å². The number of carbonyl (C=O) groups excluding carboxylic acids is 1. The second kappa shape index (κ2) is 4.82. The van der Waals surface area contributed by atoms with Gasteiger partial charge in [0.2, 0.25) is 0 Å². The lowest BCUT2D eigenvalue weighted by Gasteiger charge is -2.11. The fourth-order valence-electron chi connectivity index (χ4n) is 1.26. The highest BCUT2D eigenvalue weighted by Gasteiger charge is 2.14. The Balaban J connectivity index is 2.81. The van der Waals surface area contributed by atoms with Gasteiger partial charge in [-0.05, 0) is 20.3 Å². The van der Waals surface area contributed by atoms with Gasteiger partial charge in [0.25, 0.3) is 5.91 Å². The molecule has 1 heterocycles. The Hall–Kier alpha value is -1.52. The zero-order valence-corrected chi connectivity index (χ0v) is 9.45. The van der Waals surface area contributed by atoms with Gasteiger partial charge in [0.1, 0.15) is 11.5 Å². The van der Waals surface area contributed by atoms with Gasteiger partial charge in [0.05, 0.1) is 0 Å². The topological polar surface area (TPSA) is 72.9 Å². The van der Waals surface area contributed by atoms with E-state index in [-0.39, 0.29) is 11.9 Å². The molecule has 84 valence electrons. The molecule has 1 aromatic rings. The number of anilines is 1. The molecule has 0 saturated heterocycles. The third kappa shape index (κ3) is 2.71. The predicted molar refractivity (Wildman–Crippen MR) is 59.5 cm³/mol. The van der Waals surface area contributed by atoms with E-state index in [9.17, 15) is 4.79 Å². The van der Waals surface area contributed by atoms with Crippen LogP contribution in [0.25, 0.3) is 0 Å². The number of amides is 1. The van der Waals surface area contributed by atoms with Gasteiger partial charge in [-0.25, -0.2) is 0 Å². The van der Waals surface area contributed by atoms with Crippen LogP contribution in [0, 0.1) is 0 Å². The molecular formula is C10H18N4O. The summed E-state index contributed by atoms with van der Waals surface area (Å²) in [6.45, 7) is 6.55. The van der Waals surface area contributed by atoms with Crippen molar-refractivity contribution in [2.75, 3.05) is 5.73 Å². The summed E-state index contributed by atoms with van der Waals surface area (Å²) in [5, 5.41) is 6.90. The lowest BCUT2D eigenvalue weighted by atomic mass is 10.2. The van der Waals surface area contributed by atoms with Crippen LogP contribution < -0.4 is 11.1 Å². The van der Waals surface area contributed by atoms with Crippen LogP contribution in [0.1, 0.15) is 37.7 Å². The molecule has 0 aliphatic carbocycles.